The maximum atomic E-state index is 2.55. The molecule has 0 saturated carbocycles. The minimum absolute atomic E-state index is 0. The van der Waals surface area contributed by atoms with E-state index in [1.54, 1.807) is 6.56 Å². The van der Waals surface area contributed by atoms with Crippen LogP contribution >= 0.6 is 0 Å². The van der Waals surface area contributed by atoms with Crippen LogP contribution in [0.4, 0.5) is 0 Å². The molecule has 0 amide bonds. The van der Waals surface area contributed by atoms with Gasteiger partial charge in [-0.3, -0.25) is 0 Å². The van der Waals surface area contributed by atoms with Gasteiger partial charge in [-0.15, -0.1) is 0 Å². The molecule has 0 bridgehead atoms. The van der Waals surface area contributed by atoms with Gasteiger partial charge in [0.1, 0.15) is 0 Å². The largest absolute Gasteiger partial charge is 1.00 e. The van der Waals surface area contributed by atoms with E-state index in [4.69, 9.17) is 0 Å². The van der Waals surface area contributed by atoms with E-state index in [0.717, 1.165) is 0 Å². The predicted molar refractivity (Wildman–Crippen MR) is 63.5 cm³/mol. The fourth-order valence-electron chi connectivity index (χ4n) is 2.40. The van der Waals surface area contributed by atoms with Crippen LogP contribution in [-0.4, -0.2) is 0 Å². The van der Waals surface area contributed by atoms with Crippen molar-refractivity contribution in [3.63, 3.8) is 0 Å². The van der Waals surface area contributed by atoms with Crippen molar-refractivity contribution in [2.24, 2.45) is 0 Å². The van der Waals surface area contributed by atoms with Gasteiger partial charge in [-0.25, -0.2) is 0 Å². The van der Waals surface area contributed by atoms with Gasteiger partial charge in [0.25, 0.3) is 0 Å². The van der Waals surface area contributed by atoms with Crippen molar-refractivity contribution in [3.8, 4) is 0 Å². The molecule has 2 aliphatic carbocycles. The van der Waals surface area contributed by atoms with Crippen LogP contribution in [0.15, 0.2) is 43.0 Å². The molecular weight excluding hydrogens is 247 g/mol. The van der Waals surface area contributed by atoms with Crippen LogP contribution in [0.2, 0.25) is 13.9 Å². The van der Waals surface area contributed by atoms with Crippen molar-refractivity contribution >= 4 is 0 Å². The van der Waals surface area contributed by atoms with Gasteiger partial charge in [0.2, 0.25) is 0 Å². The first kappa shape index (κ1) is 10.4. The van der Waals surface area contributed by atoms with E-state index in [0.29, 0.717) is 0 Å². The summed E-state index contributed by atoms with van der Waals surface area (Å²) < 4.78 is 11.1. The van der Waals surface area contributed by atoms with Gasteiger partial charge in [0.05, 0.1) is 0 Å². The normalized spacial score (nSPS) is 23.2. The molecule has 2 rings (SSSR count). The van der Waals surface area contributed by atoms with Crippen molar-refractivity contribution in [2.45, 2.75) is 26.7 Å². The van der Waals surface area contributed by atoms with Crippen LogP contribution in [0.3, 0.4) is 0 Å². The van der Waals surface area contributed by atoms with Gasteiger partial charge >= 0.3 is 88.5 Å². The monoisotopic (exact) mass is 267 g/mol. The molecule has 0 unspecified atom stereocenters. The summed E-state index contributed by atoms with van der Waals surface area (Å²) in [5.74, 6) is 0. The zero-order valence-electron chi connectivity index (χ0n) is 11.4. The van der Waals surface area contributed by atoms with Crippen molar-refractivity contribution in [2.75, 3.05) is 0 Å². The quantitative estimate of drug-likeness (QED) is 0.679. The molecule has 0 nitrogen and oxygen atoms in total. The first-order valence-electron chi connectivity index (χ1n) is 5.43. The summed E-state index contributed by atoms with van der Waals surface area (Å²) in [6, 6.07) is 0. The second-order valence-electron chi connectivity index (χ2n) is 5.77. The van der Waals surface area contributed by atoms with Crippen LogP contribution in [0, 0.1) is 0 Å². The van der Waals surface area contributed by atoms with E-state index < -0.39 is 18.8 Å². The molecule has 0 heterocycles. The van der Waals surface area contributed by atoms with Gasteiger partial charge in [0.15, 0.2) is 0 Å². The van der Waals surface area contributed by atoms with Gasteiger partial charge < -0.3 is 2.85 Å². The Labute approximate surface area is 91.2 Å². The average Bonchev–Trinajstić information content (AvgIpc) is 2.78. The third-order valence-electron chi connectivity index (χ3n) is 3.79. The van der Waals surface area contributed by atoms with Crippen LogP contribution < -0.4 is 0 Å². The predicted octanol–water partition coefficient (Wildman–Crippen LogP) is 4.73. The third kappa shape index (κ3) is 1.56. The molecule has 0 aliphatic heterocycles. The molecule has 0 aromatic rings. The minimum atomic E-state index is -2.65. The summed E-state index contributed by atoms with van der Waals surface area (Å²) >= 11 is -2.65. The third-order valence-corrected chi connectivity index (χ3v) is 16.7. The molecule has 2 aliphatic rings. The molecule has 79 valence electrons. The maximum Gasteiger partial charge on any atom is -1.00 e. The number of allylic oxidation sites excluding steroid dienone is 8. The molecule has 0 aromatic carbocycles. The van der Waals surface area contributed by atoms with Crippen molar-refractivity contribution in [1.82, 2.24) is 0 Å². The molecule has 0 N–H and O–H groups in total. The SMILES string of the molecule is [CH3][Zr]([CH3])([CH3])([C]1=CC=CC1)[C]1=CC=CC1.[H-].[H-]. The van der Waals surface area contributed by atoms with Crippen molar-refractivity contribution in [1.29, 1.82) is 0 Å². The van der Waals surface area contributed by atoms with Gasteiger partial charge in [-0.2, -0.15) is 0 Å². The minimum Gasteiger partial charge on any atom is -1.00 e. The van der Waals surface area contributed by atoms with Crippen molar-refractivity contribution < 1.29 is 21.6 Å². The maximum absolute atomic E-state index is 2.65. The van der Waals surface area contributed by atoms with E-state index in [1.165, 1.54) is 12.8 Å². The van der Waals surface area contributed by atoms with Gasteiger partial charge in [0, 0.05) is 0 Å². The Balaban J connectivity index is 0.00000112. The number of hydrogen-bond acceptors (Lipinski definition) is 0. The first-order valence-corrected chi connectivity index (χ1v) is 15.3. The molecule has 0 fully saturated rings. The average molecular weight is 269 g/mol. The zero-order valence-corrected chi connectivity index (χ0v) is 11.8. The summed E-state index contributed by atoms with van der Waals surface area (Å²) in [6.07, 6.45) is 16.2. The Morgan fingerprint density at radius 3 is 1.64 bits per heavy atom. The molecule has 0 aromatic heterocycles. The molecule has 0 radical (unpaired) electrons. The number of rotatable bonds is 2. The molecule has 0 spiro atoms. The molecule has 0 saturated heterocycles. The van der Waals surface area contributed by atoms with Gasteiger partial charge in [-0.05, 0) is 0 Å². The Kier molecular flexibility index (Phi) is 2.35. The summed E-state index contributed by atoms with van der Waals surface area (Å²) in [4.78, 5) is 0. The molecule has 14 heavy (non-hydrogen) atoms. The Morgan fingerprint density at radius 2 is 1.36 bits per heavy atom. The van der Waals surface area contributed by atoms with Crippen molar-refractivity contribution in [3.05, 3.63) is 43.0 Å². The topological polar surface area (TPSA) is 0 Å². The van der Waals surface area contributed by atoms with Crippen LogP contribution in [0.5, 0.6) is 0 Å². The first-order chi connectivity index (χ1) is 6.49. The second kappa shape index (κ2) is 3.17. The fraction of sp³-hybridized carbons (Fsp3) is 0.385. The number of hydrogen-bond donors (Lipinski definition) is 0. The van der Waals surface area contributed by atoms with E-state index in [1.807, 2.05) is 0 Å². The Morgan fingerprint density at radius 1 is 0.929 bits per heavy atom. The summed E-state index contributed by atoms with van der Waals surface area (Å²) in [7, 11) is 0. The summed E-state index contributed by atoms with van der Waals surface area (Å²) in [6.45, 7) is 0. The van der Waals surface area contributed by atoms with E-state index in [2.05, 4.69) is 50.4 Å². The Bertz CT molecular complexity index is 344. The van der Waals surface area contributed by atoms with Crippen LogP contribution in [0.1, 0.15) is 15.7 Å². The summed E-state index contributed by atoms with van der Waals surface area (Å²) in [5.41, 5.74) is 0. The van der Waals surface area contributed by atoms with E-state index >= 15 is 0 Å². The van der Waals surface area contributed by atoms with Crippen LogP contribution in [0.25, 0.3) is 0 Å². The smallest absolute Gasteiger partial charge is 1.00 e. The van der Waals surface area contributed by atoms with E-state index in [-0.39, 0.29) is 2.85 Å². The molecular formula is C13H21Zr-2. The summed E-state index contributed by atoms with van der Waals surface area (Å²) in [5, 5.41) is 0. The fourth-order valence-corrected chi connectivity index (χ4v) is 10.8. The standard InChI is InChI=1S/2C5H5.3CH3.Zr.2H/c2*1-2-4-5-3-1;;;;;;/h2*1-3H,4H2;3*1H3;;;/q;;;;;;2*-1. The Hall–Kier alpha value is -0.157. The van der Waals surface area contributed by atoms with E-state index in [9.17, 15) is 0 Å². The zero-order chi connectivity index (χ0) is 10.3. The van der Waals surface area contributed by atoms with Gasteiger partial charge in [-0.1, -0.05) is 0 Å². The molecule has 0 atom stereocenters. The van der Waals surface area contributed by atoms with Crippen LogP contribution in [-0.2, 0) is 18.8 Å². The molecule has 1 heteroatoms. The second-order valence-corrected chi connectivity index (χ2v) is 24.3.